The Bertz CT molecular complexity index is 646. The third kappa shape index (κ3) is 5.33. The van der Waals surface area contributed by atoms with Crippen LogP contribution in [-0.4, -0.2) is 43.2 Å². The Morgan fingerprint density at radius 1 is 1.28 bits per heavy atom. The molecule has 1 unspecified atom stereocenters. The summed E-state index contributed by atoms with van der Waals surface area (Å²) in [5.74, 6) is -1.17. The summed E-state index contributed by atoms with van der Waals surface area (Å²) in [4.78, 5) is 34.6. The third-order valence-corrected chi connectivity index (χ3v) is 3.20. The van der Waals surface area contributed by atoms with Crippen molar-refractivity contribution in [1.29, 1.82) is 0 Å². The molecule has 25 heavy (non-hydrogen) atoms. The van der Waals surface area contributed by atoms with E-state index in [2.05, 4.69) is 5.32 Å². The molecule has 1 amide bonds. The number of hydrogen-bond donors (Lipinski definition) is 1. The predicted molar refractivity (Wildman–Crippen MR) is 89.0 cm³/mol. The van der Waals surface area contributed by atoms with E-state index in [1.807, 2.05) is 6.92 Å². The molecule has 0 radical (unpaired) electrons. The van der Waals surface area contributed by atoms with Gasteiger partial charge in [0.05, 0.1) is 24.7 Å². The normalized spacial score (nSPS) is 11.4. The van der Waals surface area contributed by atoms with E-state index in [4.69, 9.17) is 14.2 Å². The molecule has 0 aromatic heterocycles. The summed E-state index contributed by atoms with van der Waals surface area (Å²) in [6, 6.07) is 2.27. The second-order valence-electron chi connectivity index (χ2n) is 5.05. The number of nitro groups is 1. The van der Waals surface area contributed by atoms with E-state index < -0.39 is 28.6 Å². The van der Waals surface area contributed by atoms with Crippen molar-refractivity contribution in [3.63, 3.8) is 0 Å². The van der Waals surface area contributed by atoms with Crippen LogP contribution in [-0.2, 0) is 9.53 Å². The van der Waals surface area contributed by atoms with E-state index >= 15 is 0 Å². The fraction of sp³-hybridized carbons (Fsp3) is 0.500. The van der Waals surface area contributed by atoms with Crippen molar-refractivity contribution in [2.24, 2.45) is 0 Å². The number of nitrogens with one attached hydrogen (secondary N) is 1. The molecule has 1 rings (SSSR count). The SMILES string of the molecule is CCCNC(=O)C(C)OC(=O)c1cc(OC)c(OCC)cc1[N+](=O)[O-]. The molecule has 0 bridgehead atoms. The van der Waals surface area contributed by atoms with Gasteiger partial charge in [-0.05, 0) is 20.3 Å². The van der Waals surface area contributed by atoms with Gasteiger partial charge in [0.15, 0.2) is 17.6 Å². The van der Waals surface area contributed by atoms with Gasteiger partial charge in [-0.25, -0.2) is 4.79 Å². The molecule has 0 spiro atoms. The lowest BCUT2D eigenvalue weighted by Gasteiger charge is -2.15. The lowest BCUT2D eigenvalue weighted by Crippen LogP contribution is -2.36. The van der Waals surface area contributed by atoms with Gasteiger partial charge < -0.3 is 19.5 Å². The summed E-state index contributed by atoms with van der Waals surface area (Å²) < 4.78 is 15.4. The molecule has 1 aromatic rings. The highest BCUT2D eigenvalue weighted by atomic mass is 16.6. The highest BCUT2D eigenvalue weighted by molar-refractivity contribution is 5.96. The molecular weight excluding hydrogens is 332 g/mol. The summed E-state index contributed by atoms with van der Waals surface area (Å²) in [6.45, 7) is 5.70. The average Bonchev–Trinajstić information content (AvgIpc) is 2.59. The molecule has 0 saturated heterocycles. The van der Waals surface area contributed by atoms with E-state index in [0.29, 0.717) is 6.54 Å². The first kappa shape index (κ1) is 20.2. The molecule has 1 N–H and O–H groups in total. The van der Waals surface area contributed by atoms with Crippen LogP contribution in [0.4, 0.5) is 5.69 Å². The number of methoxy groups -OCH3 is 1. The number of nitrogens with zero attached hydrogens (tertiary/aromatic N) is 1. The largest absolute Gasteiger partial charge is 0.493 e. The van der Waals surface area contributed by atoms with E-state index in [9.17, 15) is 19.7 Å². The maximum absolute atomic E-state index is 12.3. The molecule has 9 heteroatoms. The first-order valence-electron chi connectivity index (χ1n) is 7.83. The second kappa shape index (κ2) is 9.45. The Labute approximate surface area is 145 Å². The minimum Gasteiger partial charge on any atom is -0.493 e. The Hall–Kier alpha value is -2.84. The third-order valence-electron chi connectivity index (χ3n) is 3.20. The van der Waals surface area contributed by atoms with Gasteiger partial charge in [0.2, 0.25) is 0 Å². The van der Waals surface area contributed by atoms with Crippen LogP contribution in [0.3, 0.4) is 0 Å². The molecule has 0 aliphatic heterocycles. The van der Waals surface area contributed by atoms with Crippen LogP contribution < -0.4 is 14.8 Å². The number of rotatable bonds is 9. The van der Waals surface area contributed by atoms with Crippen LogP contribution in [0, 0.1) is 10.1 Å². The number of hydrogen-bond acceptors (Lipinski definition) is 7. The number of amides is 1. The predicted octanol–water partition coefficient (Wildman–Crippen LogP) is 2.07. The highest BCUT2D eigenvalue weighted by Gasteiger charge is 2.28. The molecule has 0 fully saturated rings. The Balaban J connectivity index is 3.11. The molecule has 1 aromatic carbocycles. The number of ether oxygens (including phenoxy) is 3. The van der Waals surface area contributed by atoms with Crippen LogP contribution >= 0.6 is 0 Å². The van der Waals surface area contributed by atoms with E-state index in [0.717, 1.165) is 12.5 Å². The summed E-state index contributed by atoms with van der Waals surface area (Å²) >= 11 is 0. The van der Waals surface area contributed by atoms with Crippen molar-refractivity contribution in [2.75, 3.05) is 20.3 Å². The fourth-order valence-corrected chi connectivity index (χ4v) is 1.96. The van der Waals surface area contributed by atoms with Crippen molar-refractivity contribution in [3.05, 3.63) is 27.8 Å². The molecule has 138 valence electrons. The first-order chi connectivity index (χ1) is 11.8. The number of esters is 1. The van der Waals surface area contributed by atoms with Crippen LogP contribution in [0.25, 0.3) is 0 Å². The van der Waals surface area contributed by atoms with E-state index in [-0.39, 0.29) is 23.7 Å². The van der Waals surface area contributed by atoms with Crippen LogP contribution in [0.15, 0.2) is 12.1 Å². The summed E-state index contributed by atoms with van der Waals surface area (Å²) in [7, 11) is 1.35. The summed E-state index contributed by atoms with van der Waals surface area (Å²) in [5, 5.41) is 13.8. The van der Waals surface area contributed by atoms with Gasteiger partial charge in [0.25, 0.3) is 11.6 Å². The lowest BCUT2D eigenvalue weighted by atomic mass is 10.1. The first-order valence-corrected chi connectivity index (χ1v) is 7.83. The quantitative estimate of drug-likeness (QED) is 0.410. The summed E-state index contributed by atoms with van der Waals surface area (Å²) in [5.41, 5.74) is -0.809. The van der Waals surface area contributed by atoms with Gasteiger partial charge in [-0.3, -0.25) is 14.9 Å². The molecule has 0 saturated carbocycles. The Morgan fingerprint density at radius 3 is 2.48 bits per heavy atom. The number of carbonyl (C=O) groups excluding carboxylic acids is 2. The minimum atomic E-state index is -1.09. The maximum Gasteiger partial charge on any atom is 0.346 e. The van der Waals surface area contributed by atoms with Crippen molar-refractivity contribution < 1.29 is 28.7 Å². The van der Waals surface area contributed by atoms with Crippen LogP contribution in [0.5, 0.6) is 11.5 Å². The fourth-order valence-electron chi connectivity index (χ4n) is 1.96. The van der Waals surface area contributed by atoms with Crippen LogP contribution in [0.1, 0.15) is 37.6 Å². The maximum atomic E-state index is 12.3. The molecular formula is C16H22N2O7. The van der Waals surface area contributed by atoms with Crippen molar-refractivity contribution in [3.8, 4) is 11.5 Å². The van der Waals surface area contributed by atoms with Gasteiger partial charge in [-0.1, -0.05) is 6.92 Å². The minimum absolute atomic E-state index is 0.141. The molecule has 9 nitrogen and oxygen atoms in total. The zero-order chi connectivity index (χ0) is 19.0. The van der Waals surface area contributed by atoms with Crippen molar-refractivity contribution in [1.82, 2.24) is 5.32 Å². The zero-order valence-corrected chi connectivity index (χ0v) is 14.7. The van der Waals surface area contributed by atoms with Gasteiger partial charge in [-0.15, -0.1) is 0 Å². The van der Waals surface area contributed by atoms with Gasteiger partial charge >= 0.3 is 5.97 Å². The second-order valence-corrected chi connectivity index (χ2v) is 5.05. The summed E-state index contributed by atoms with van der Waals surface area (Å²) in [6.07, 6.45) is -0.357. The van der Waals surface area contributed by atoms with E-state index in [1.54, 1.807) is 6.92 Å². The van der Waals surface area contributed by atoms with Gasteiger partial charge in [0, 0.05) is 12.6 Å². The Kier molecular flexibility index (Phi) is 7.64. The molecule has 1 atom stereocenters. The average molecular weight is 354 g/mol. The highest BCUT2D eigenvalue weighted by Crippen LogP contribution is 2.35. The molecule has 0 heterocycles. The van der Waals surface area contributed by atoms with E-state index in [1.165, 1.54) is 20.1 Å². The monoisotopic (exact) mass is 354 g/mol. The number of carbonyl (C=O) groups is 2. The topological polar surface area (TPSA) is 117 Å². The number of nitro benzene ring substituents is 1. The Morgan fingerprint density at radius 2 is 1.96 bits per heavy atom. The smallest absolute Gasteiger partial charge is 0.346 e. The zero-order valence-electron chi connectivity index (χ0n) is 14.7. The standard InChI is InChI=1S/C16H22N2O7/c1-5-7-17-15(19)10(3)25-16(20)11-8-13(23-4)14(24-6-2)9-12(11)18(21)22/h8-10H,5-7H2,1-4H3,(H,17,19). The van der Waals surface area contributed by atoms with Crippen molar-refractivity contribution in [2.45, 2.75) is 33.3 Å². The van der Waals surface area contributed by atoms with Gasteiger partial charge in [-0.2, -0.15) is 0 Å². The lowest BCUT2D eigenvalue weighted by molar-refractivity contribution is -0.385. The van der Waals surface area contributed by atoms with Crippen molar-refractivity contribution >= 4 is 17.6 Å². The molecule has 0 aliphatic carbocycles. The molecule has 0 aliphatic rings. The number of benzene rings is 1. The van der Waals surface area contributed by atoms with Crippen LogP contribution in [0.2, 0.25) is 0 Å². The van der Waals surface area contributed by atoms with Gasteiger partial charge in [0.1, 0.15) is 5.56 Å².